The monoisotopic (exact) mass is 385 g/mol. The van der Waals surface area contributed by atoms with Gasteiger partial charge in [0, 0.05) is 12.6 Å². The van der Waals surface area contributed by atoms with E-state index in [4.69, 9.17) is 25.6 Å². The summed E-state index contributed by atoms with van der Waals surface area (Å²) in [5, 5.41) is 4.47. The Morgan fingerprint density at radius 2 is 1.93 bits per heavy atom. The lowest BCUT2D eigenvalue weighted by Gasteiger charge is -2.28. The van der Waals surface area contributed by atoms with Gasteiger partial charge in [0.2, 0.25) is 17.8 Å². The summed E-state index contributed by atoms with van der Waals surface area (Å²) in [7, 11) is 1.64. The molecule has 2 heterocycles. The Balaban J connectivity index is 1.43. The van der Waals surface area contributed by atoms with E-state index in [0.717, 1.165) is 0 Å². The minimum atomic E-state index is -0.726. The fourth-order valence-corrected chi connectivity index (χ4v) is 2.96. The summed E-state index contributed by atoms with van der Waals surface area (Å²) in [4.78, 5) is 18.4. The Kier molecular flexibility index (Phi) is 4.68. The number of aromatic nitrogens is 2. The number of hydrogen-bond donors (Lipinski definition) is 0. The second-order valence-electron chi connectivity index (χ2n) is 6.05. The van der Waals surface area contributed by atoms with Crippen LogP contribution in [0.2, 0.25) is 5.02 Å². The summed E-state index contributed by atoms with van der Waals surface area (Å²) in [5.74, 6) is 1.63. The molecule has 27 heavy (non-hydrogen) atoms. The van der Waals surface area contributed by atoms with Gasteiger partial charge in [0.15, 0.2) is 11.5 Å². The van der Waals surface area contributed by atoms with Crippen molar-refractivity contribution in [1.82, 2.24) is 15.0 Å². The van der Waals surface area contributed by atoms with Crippen molar-refractivity contribution in [1.29, 1.82) is 0 Å². The van der Waals surface area contributed by atoms with E-state index in [1.54, 1.807) is 31.3 Å². The molecule has 0 saturated carbocycles. The van der Waals surface area contributed by atoms with Gasteiger partial charge in [-0.2, -0.15) is 4.98 Å². The average molecular weight is 386 g/mol. The molecule has 1 amide bonds. The summed E-state index contributed by atoms with van der Waals surface area (Å²) in [6.45, 7) is 0.298. The van der Waals surface area contributed by atoms with Gasteiger partial charge >= 0.3 is 0 Å². The topological polar surface area (TPSA) is 77.7 Å². The Morgan fingerprint density at radius 3 is 2.74 bits per heavy atom. The van der Waals surface area contributed by atoms with Crippen molar-refractivity contribution < 1.29 is 18.8 Å². The molecule has 138 valence electrons. The number of fused-ring (bicyclic) bond motifs is 1. The van der Waals surface area contributed by atoms with Gasteiger partial charge in [0.05, 0.1) is 11.6 Å². The summed E-state index contributed by atoms with van der Waals surface area (Å²) >= 11 is 6.15. The summed E-state index contributed by atoms with van der Waals surface area (Å²) < 4.78 is 16.6. The molecule has 0 bridgehead atoms. The zero-order chi connectivity index (χ0) is 18.8. The predicted molar refractivity (Wildman–Crippen MR) is 97.6 cm³/mol. The van der Waals surface area contributed by atoms with Crippen molar-refractivity contribution in [2.75, 3.05) is 13.7 Å². The van der Waals surface area contributed by atoms with Crippen LogP contribution in [-0.2, 0) is 11.3 Å². The first-order valence-electron chi connectivity index (χ1n) is 8.33. The molecule has 0 saturated heterocycles. The highest BCUT2D eigenvalue weighted by Gasteiger charge is 2.30. The van der Waals surface area contributed by atoms with E-state index in [2.05, 4.69) is 10.1 Å². The van der Waals surface area contributed by atoms with Crippen molar-refractivity contribution in [3.8, 4) is 22.9 Å². The van der Waals surface area contributed by atoms with Gasteiger partial charge in [-0.3, -0.25) is 4.79 Å². The van der Waals surface area contributed by atoms with Crippen molar-refractivity contribution in [3.63, 3.8) is 0 Å². The number of carbonyl (C=O) groups excluding carboxylic acids is 1. The molecule has 1 aliphatic rings. The van der Waals surface area contributed by atoms with E-state index in [1.807, 2.05) is 24.3 Å². The summed E-state index contributed by atoms with van der Waals surface area (Å²) in [6.07, 6.45) is -0.726. The number of amides is 1. The minimum absolute atomic E-state index is 0.148. The highest BCUT2D eigenvalue weighted by atomic mass is 35.5. The van der Waals surface area contributed by atoms with E-state index in [9.17, 15) is 4.79 Å². The molecule has 0 N–H and O–H groups in total. The van der Waals surface area contributed by atoms with Crippen molar-refractivity contribution >= 4 is 17.5 Å². The van der Waals surface area contributed by atoms with E-state index in [-0.39, 0.29) is 19.1 Å². The third-order valence-electron chi connectivity index (χ3n) is 4.12. The second kappa shape index (κ2) is 7.28. The average Bonchev–Trinajstić information content (AvgIpc) is 3.15. The van der Waals surface area contributed by atoms with Crippen LogP contribution in [0.15, 0.2) is 53.1 Å². The first kappa shape index (κ1) is 17.4. The molecule has 7 nitrogen and oxygen atoms in total. The van der Waals surface area contributed by atoms with Gasteiger partial charge < -0.3 is 18.9 Å². The van der Waals surface area contributed by atoms with E-state index in [0.29, 0.717) is 33.8 Å². The van der Waals surface area contributed by atoms with Crippen LogP contribution in [0.25, 0.3) is 11.4 Å². The smallest absolute Gasteiger partial charge is 0.267 e. The van der Waals surface area contributed by atoms with E-state index >= 15 is 0 Å². The third-order valence-corrected chi connectivity index (χ3v) is 4.45. The molecule has 0 aliphatic carbocycles. The fraction of sp³-hybridized carbons (Fsp3) is 0.211. The lowest BCUT2D eigenvalue weighted by Crippen LogP contribution is -2.44. The molecule has 4 rings (SSSR count). The molecule has 0 spiro atoms. The SMILES string of the molecule is CN(Cc1nc(-c2ccccc2Cl)no1)C(=O)[C@@H]1COc2ccccc2O1. The van der Waals surface area contributed by atoms with Crippen LogP contribution >= 0.6 is 11.6 Å². The maximum atomic E-state index is 12.7. The number of halogens is 1. The molecule has 0 unspecified atom stereocenters. The van der Waals surface area contributed by atoms with Crippen LogP contribution < -0.4 is 9.47 Å². The molecular weight excluding hydrogens is 370 g/mol. The van der Waals surface area contributed by atoms with Gasteiger partial charge in [0.1, 0.15) is 6.61 Å². The number of hydrogen-bond acceptors (Lipinski definition) is 6. The van der Waals surface area contributed by atoms with Crippen LogP contribution in [0, 0.1) is 0 Å². The van der Waals surface area contributed by atoms with Crippen LogP contribution in [0.4, 0.5) is 0 Å². The fourth-order valence-electron chi connectivity index (χ4n) is 2.74. The van der Waals surface area contributed by atoms with E-state index < -0.39 is 6.10 Å². The van der Waals surface area contributed by atoms with Gasteiger partial charge in [0.25, 0.3) is 5.91 Å². The molecule has 1 aromatic heterocycles. The lowest BCUT2D eigenvalue weighted by molar-refractivity contribution is -0.140. The van der Waals surface area contributed by atoms with Crippen LogP contribution in [0.3, 0.4) is 0 Å². The van der Waals surface area contributed by atoms with Crippen molar-refractivity contribution in [2.24, 2.45) is 0 Å². The van der Waals surface area contributed by atoms with Gasteiger partial charge in [-0.05, 0) is 24.3 Å². The van der Waals surface area contributed by atoms with Crippen LogP contribution in [-0.4, -0.2) is 40.7 Å². The Hall–Kier alpha value is -3.06. The maximum absolute atomic E-state index is 12.7. The summed E-state index contributed by atoms with van der Waals surface area (Å²) in [6, 6.07) is 14.5. The Morgan fingerprint density at radius 1 is 1.19 bits per heavy atom. The predicted octanol–water partition coefficient (Wildman–Crippen LogP) is 3.19. The molecule has 3 aromatic rings. The maximum Gasteiger partial charge on any atom is 0.267 e. The van der Waals surface area contributed by atoms with Crippen molar-refractivity contribution in [3.05, 3.63) is 59.4 Å². The number of likely N-dealkylation sites (N-methyl/N-ethyl adjacent to an activating group) is 1. The highest BCUT2D eigenvalue weighted by Crippen LogP contribution is 2.31. The number of rotatable bonds is 4. The number of nitrogens with zero attached hydrogens (tertiary/aromatic N) is 3. The lowest BCUT2D eigenvalue weighted by atomic mass is 10.2. The third kappa shape index (κ3) is 3.59. The highest BCUT2D eigenvalue weighted by molar-refractivity contribution is 6.33. The first-order valence-corrected chi connectivity index (χ1v) is 8.70. The van der Waals surface area contributed by atoms with Crippen LogP contribution in [0.5, 0.6) is 11.5 Å². The number of carbonyl (C=O) groups is 1. The molecule has 0 fully saturated rings. The van der Waals surface area contributed by atoms with E-state index in [1.165, 1.54) is 4.90 Å². The Labute approximate surface area is 160 Å². The van der Waals surface area contributed by atoms with Gasteiger partial charge in [-0.1, -0.05) is 41.0 Å². The molecule has 8 heteroatoms. The van der Waals surface area contributed by atoms with Gasteiger partial charge in [-0.25, -0.2) is 0 Å². The molecule has 1 aliphatic heterocycles. The normalized spacial score (nSPS) is 15.4. The van der Waals surface area contributed by atoms with Gasteiger partial charge in [-0.15, -0.1) is 0 Å². The zero-order valence-corrected chi connectivity index (χ0v) is 15.2. The second-order valence-corrected chi connectivity index (χ2v) is 6.46. The number of ether oxygens (including phenoxy) is 2. The summed E-state index contributed by atoms with van der Waals surface area (Å²) in [5.41, 5.74) is 0.670. The Bertz CT molecular complexity index is 975. The molecule has 2 aromatic carbocycles. The van der Waals surface area contributed by atoms with Crippen LogP contribution in [0.1, 0.15) is 5.89 Å². The van der Waals surface area contributed by atoms with Crippen molar-refractivity contribution in [2.45, 2.75) is 12.6 Å². The zero-order valence-electron chi connectivity index (χ0n) is 14.5. The standard InChI is InChI=1S/C19H16ClN3O4/c1-23(19(24)16-11-25-14-8-4-5-9-15(14)26-16)10-17-21-18(22-27-17)12-6-2-3-7-13(12)20/h2-9,16H,10-11H2,1H3/t16-/m0/s1. The molecular formula is C19H16ClN3O4. The number of para-hydroxylation sites is 2. The number of benzene rings is 2. The molecule has 1 atom stereocenters. The minimum Gasteiger partial charge on any atom is -0.485 e. The largest absolute Gasteiger partial charge is 0.485 e. The first-order chi connectivity index (χ1) is 13.1. The quantitative estimate of drug-likeness (QED) is 0.686. The molecule has 0 radical (unpaired) electrons.